The molecule has 0 bridgehead atoms. The SMILES string of the molecule is CCCCCCCCCCCCOCC(O[C@H](OC)[C@H](O)CO)[C@@H](C)O. The summed E-state index contributed by atoms with van der Waals surface area (Å²) in [6, 6.07) is 0. The highest BCUT2D eigenvalue weighted by Crippen LogP contribution is 2.12. The van der Waals surface area contributed by atoms with E-state index in [9.17, 15) is 10.2 Å². The molecule has 158 valence electrons. The van der Waals surface area contributed by atoms with Crippen molar-refractivity contribution in [3.8, 4) is 0 Å². The van der Waals surface area contributed by atoms with E-state index >= 15 is 0 Å². The van der Waals surface area contributed by atoms with Crippen molar-refractivity contribution < 1.29 is 29.5 Å². The maximum absolute atomic E-state index is 9.78. The zero-order chi connectivity index (χ0) is 19.6. The van der Waals surface area contributed by atoms with E-state index in [1.807, 2.05) is 0 Å². The highest BCUT2D eigenvalue weighted by atomic mass is 16.7. The molecule has 6 nitrogen and oxygen atoms in total. The van der Waals surface area contributed by atoms with Crippen molar-refractivity contribution in [3.63, 3.8) is 0 Å². The van der Waals surface area contributed by atoms with Gasteiger partial charge in [0, 0.05) is 13.7 Å². The molecule has 0 spiro atoms. The van der Waals surface area contributed by atoms with Crippen molar-refractivity contribution in [1.29, 1.82) is 0 Å². The number of rotatable bonds is 19. The van der Waals surface area contributed by atoms with Gasteiger partial charge in [-0.05, 0) is 13.3 Å². The second-order valence-corrected chi connectivity index (χ2v) is 7.03. The summed E-state index contributed by atoms with van der Waals surface area (Å²) >= 11 is 0. The molecule has 0 radical (unpaired) electrons. The second kappa shape index (κ2) is 18.1. The second-order valence-electron chi connectivity index (χ2n) is 7.03. The van der Waals surface area contributed by atoms with Crippen LogP contribution < -0.4 is 0 Å². The van der Waals surface area contributed by atoms with Gasteiger partial charge in [-0.25, -0.2) is 0 Å². The van der Waals surface area contributed by atoms with Crippen LogP contribution in [0.25, 0.3) is 0 Å². The fourth-order valence-corrected chi connectivity index (χ4v) is 2.74. The molecule has 0 aliphatic carbocycles. The van der Waals surface area contributed by atoms with Gasteiger partial charge in [-0.15, -0.1) is 0 Å². The van der Waals surface area contributed by atoms with Crippen LogP contribution in [0.15, 0.2) is 0 Å². The molecule has 0 aromatic rings. The van der Waals surface area contributed by atoms with Gasteiger partial charge in [0.1, 0.15) is 12.2 Å². The topological polar surface area (TPSA) is 88.4 Å². The van der Waals surface area contributed by atoms with E-state index in [0.29, 0.717) is 6.61 Å². The molecule has 0 saturated carbocycles. The summed E-state index contributed by atoms with van der Waals surface area (Å²) in [5, 5.41) is 28.4. The van der Waals surface area contributed by atoms with Gasteiger partial charge in [0.25, 0.3) is 0 Å². The molecular weight excluding hydrogens is 336 g/mol. The Kier molecular flexibility index (Phi) is 18.0. The van der Waals surface area contributed by atoms with E-state index in [1.165, 1.54) is 58.5 Å². The molecule has 6 heteroatoms. The zero-order valence-corrected chi connectivity index (χ0v) is 17.1. The summed E-state index contributed by atoms with van der Waals surface area (Å²) in [5.74, 6) is 0. The van der Waals surface area contributed by atoms with Crippen LogP contribution in [0.4, 0.5) is 0 Å². The predicted octanol–water partition coefficient (Wildman–Crippen LogP) is 3.02. The smallest absolute Gasteiger partial charge is 0.185 e. The van der Waals surface area contributed by atoms with Crippen molar-refractivity contribution in [3.05, 3.63) is 0 Å². The van der Waals surface area contributed by atoms with Crippen LogP contribution in [0.5, 0.6) is 0 Å². The van der Waals surface area contributed by atoms with Crippen LogP contribution >= 0.6 is 0 Å². The highest BCUT2D eigenvalue weighted by molar-refractivity contribution is 4.68. The van der Waals surface area contributed by atoms with E-state index in [-0.39, 0.29) is 6.61 Å². The van der Waals surface area contributed by atoms with Gasteiger partial charge in [0.2, 0.25) is 0 Å². The van der Waals surface area contributed by atoms with Crippen molar-refractivity contribution >= 4 is 0 Å². The fraction of sp³-hybridized carbons (Fsp3) is 1.00. The van der Waals surface area contributed by atoms with E-state index < -0.39 is 31.2 Å². The Bertz CT molecular complexity index is 287. The Balaban J connectivity index is 3.69. The largest absolute Gasteiger partial charge is 0.393 e. The minimum absolute atomic E-state index is 0.229. The van der Waals surface area contributed by atoms with Crippen LogP contribution in [0.3, 0.4) is 0 Å². The third kappa shape index (κ3) is 13.9. The highest BCUT2D eigenvalue weighted by Gasteiger charge is 2.26. The van der Waals surface area contributed by atoms with Gasteiger partial charge in [0.05, 0.1) is 19.3 Å². The molecule has 1 unspecified atom stereocenters. The summed E-state index contributed by atoms with van der Waals surface area (Å²) in [6.07, 6.45) is 9.25. The molecule has 3 N–H and O–H groups in total. The molecule has 0 fully saturated rings. The Labute approximate surface area is 159 Å². The van der Waals surface area contributed by atoms with Crippen molar-refractivity contribution in [1.82, 2.24) is 0 Å². The first-order valence-corrected chi connectivity index (χ1v) is 10.3. The summed E-state index contributed by atoms with van der Waals surface area (Å²) in [4.78, 5) is 0. The maximum Gasteiger partial charge on any atom is 0.185 e. The molecule has 0 aromatic carbocycles. The van der Waals surface area contributed by atoms with Crippen LogP contribution in [-0.4, -0.2) is 66.9 Å². The molecule has 0 rings (SSSR count). The van der Waals surface area contributed by atoms with Crippen LogP contribution in [-0.2, 0) is 14.2 Å². The first kappa shape index (κ1) is 25.8. The lowest BCUT2D eigenvalue weighted by atomic mass is 10.1. The number of aliphatic hydroxyl groups is 3. The first-order chi connectivity index (χ1) is 12.6. The molecule has 0 aromatic heterocycles. The van der Waals surface area contributed by atoms with Gasteiger partial charge in [-0.2, -0.15) is 0 Å². The normalized spacial score (nSPS) is 16.4. The third-order valence-corrected chi connectivity index (χ3v) is 4.50. The van der Waals surface area contributed by atoms with Crippen LogP contribution in [0.1, 0.15) is 78.1 Å². The number of aliphatic hydroxyl groups excluding tert-OH is 3. The lowest BCUT2D eigenvalue weighted by Crippen LogP contribution is -2.42. The number of methoxy groups -OCH3 is 1. The Morgan fingerprint density at radius 3 is 1.85 bits per heavy atom. The number of ether oxygens (including phenoxy) is 3. The van der Waals surface area contributed by atoms with Gasteiger partial charge < -0.3 is 29.5 Å². The molecule has 0 saturated heterocycles. The molecule has 26 heavy (non-hydrogen) atoms. The summed E-state index contributed by atoms with van der Waals surface area (Å²) in [7, 11) is 1.38. The zero-order valence-electron chi connectivity index (χ0n) is 17.1. The van der Waals surface area contributed by atoms with E-state index in [4.69, 9.17) is 19.3 Å². The molecule has 0 aliphatic heterocycles. The average Bonchev–Trinajstić information content (AvgIpc) is 2.64. The summed E-state index contributed by atoms with van der Waals surface area (Å²) in [6.45, 7) is 4.24. The minimum atomic E-state index is -1.15. The van der Waals surface area contributed by atoms with Gasteiger partial charge in [-0.1, -0.05) is 64.7 Å². The van der Waals surface area contributed by atoms with E-state index in [1.54, 1.807) is 6.92 Å². The average molecular weight is 379 g/mol. The Hall–Kier alpha value is -0.240. The molecule has 0 amide bonds. The molecule has 0 aliphatic rings. The van der Waals surface area contributed by atoms with Gasteiger partial charge in [0.15, 0.2) is 6.29 Å². The molecular formula is C20H42O6. The third-order valence-electron chi connectivity index (χ3n) is 4.50. The molecule has 0 heterocycles. The lowest BCUT2D eigenvalue weighted by Gasteiger charge is -2.27. The maximum atomic E-state index is 9.78. The van der Waals surface area contributed by atoms with Crippen molar-refractivity contribution in [2.45, 2.75) is 103 Å². The van der Waals surface area contributed by atoms with Gasteiger partial charge in [-0.3, -0.25) is 0 Å². The number of unbranched alkanes of at least 4 members (excludes halogenated alkanes) is 9. The first-order valence-electron chi connectivity index (χ1n) is 10.3. The monoisotopic (exact) mass is 378 g/mol. The van der Waals surface area contributed by atoms with E-state index in [2.05, 4.69) is 6.92 Å². The quantitative estimate of drug-likeness (QED) is 0.236. The lowest BCUT2D eigenvalue weighted by molar-refractivity contribution is -0.232. The Morgan fingerprint density at radius 1 is 0.846 bits per heavy atom. The number of hydrogen-bond donors (Lipinski definition) is 3. The summed E-state index contributed by atoms with van der Waals surface area (Å²) < 4.78 is 16.1. The summed E-state index contributed by atoms with van der Waals surface area (Å²) in [5.41, 5.74) is 0. The van der Waals surface area contributed by atoms with Crippen molar-refractivity contribution in [2.75, 3.05) is 26.9 Å². The Morgan fingerprint density at radius 2 is 1.38 bits per heavy atom. The number of hydrogen-bond acceptors (Lipinski definition) is 6. The molecule has 4 atom stereocenters. The van der Waals surface area contributed by atoms with Crippen LogP contribution in [0.2, 0.25) is 0 Å². The van der Waals surface area contributed by atoms with Gasteiger partial charge >= 0.3 is 0 Å². The van der Waals surface area contributed by atoms with Crippen molar-refractivity contribution in [2.24, 2.45) is 0 Å². The standard InChI is InChI=1S/C20H42O6/c1-4-5-6-7-8-9-10-11-12-13-14-25-16-19(17(2)22)26-20(24-3)18(23)15-21/h17-23H,4-16H2,1-3H3/t17-,18-,19?,20+/m1/s1. The van der Waals surface area contributed by atoms with E-state index in [0.717, 1.165) is 12.8 Å². The predicted molar refractivity (Wildman–Crippen MR) is 103 cm³/mol. The minimum Gasteiger partial charge on any atom is -0.393 e. The van der Waals surface area contributed by atoms with Crippen LogP contribution in [0, 0.1) is 0 Å². The fourth-order valence-electron chi connectivity index (χ4n) is 2.74.